The highest BCUT2D eigenvalue weighted by Crippen LogP contribution is 2.46. The maximum absolute atomic E-state index is 14.3. The van der Waals surface area contributed by atoms with Crippen molar-refractivity contribution in [2.75, 3.05) is 19.8 Å². The maximum Gasteiger partial charge on any atom is 0.408 e. The van der Waals surface area contributed by atoms with Crippen LogP contribution in [-0.4, -0.2) is 97.4 Å². The Hall–Kier alpha value is -3.98. The zero-order valence-electron chi connectivity index (χ0n) is 29.0. The number of alkyl carbamates (subject to hydrolysis) is 1. The highest BCUT2D eigenvalue weighted by atomic mass is 32.2. The predicted octanol–water partition coefficient (Wildman–Crippen LogP) is 2.44. The molecule has 0 spiro atoms. The first-order valence-electron chi connectivity index (χ1n) is 17.3. The number of sulfonamides is 1. The molecule has 6 unspecified atom stereocenters. The number of nitrogens with zero attached hydrogens (tertiary/aromatic N) is 1. The largest absolute Gasteiger partial charge is 0.460 e. The molecule has 2 aliphatic heterocycles. The van der Waals surface area contributed by atoms with Gasteiger partial charge in [-0.15, -0.1) is 0 Å². The van der Waals surface area contributed by atoms with Crippen molar-refractivity contribution in [1.82, 2.24) is 20.3 Å². The summed E-state index contributed by atoms with van der Waals surface area (Å²) in [5, 5.41) is 4.76. The molecule has 3 fully saturated rings. The molecule has 50 heavy (non-hydrogen) atoms. The van der Waals surface area contributed by atoms with Crippen molar-refractivity contribution in [3.63, 3.8) is 0 Å². The van der Waals surface area contributed by atoms with Gasteiger partial charge in [-0.1, -0.05) is 49.4 Å². The standard InChI is InChI=1S/C35H48N4O10S/c1-5-26(22-11-7-6-8-12-22)31(42)48-24-19-28-29(40)37-35(32(43)38-50(45,46)25-15-16-25)20-23(35)13-9-17-47-18-10-14-27(30(41)39(28)21-24)36-33(44)49-34(2,3)4/h6-9,11-13,23-28H,5,10,14-21H2,1-4H3,(H,36,44)(H,37,40)(H,38,43). The molecule has 3 N–H and O–H groups in total. The maximum atomic E-state index is 14.3. The topological polar surface area (TPSA) is 187 Å². The molecule has 0 bridgehead atoms. The van der Waals surface area contributed by atoms with Gasteiger partial charge in [0.25, 0.3) is 5.91 Å². The van der Waals surface area contributed by atoms with Crippen LogP contribution in [0.2, 0.25) is 0 Å². The van der Waals surface area contributed by atoms with Crippen molar-refractivity contribution in [1.29, 1.82) is 0 Å². The number of carbonyl (C=O) groups is 5. The molecule has 1 saturated heterocycles. The second-order valence-corrected chi connectivity index (χ2v) is 16.4. The third kappa shape index (κ3) is 9.02. The zero-order chi connectivity index (χ0) is 36.3. The van der Waals surface area contributed by atoms with E-state index in [1.807, 2.05) is 37.3 Å². The fourth-order valence-corrected chi connectivity index (χ4v) is 7.84. The van der Waals surface area contributed by atoms with Crippen molar-refractivity contribution in [3.05, 3.63) is 48.0 Å². The first kappa shape index (κ1) is 37.3. The smallest absolute Gasteiger partial charge is 0.408 e. The van der Waals surface area contributed by atoms with E-state index in [9.17, 15) is 32.4 Å². The molecule has 2 aliphatic carbocycles. The third-order valence-electron chi connectivity index (χ3n) is 9.34. The van der Waals surface area contributed by atoms with Crippen LogP contribution < -0.4 is 15.4 Å². The molecule has 4 amide bonds. The normalized spacial score (nSPS) is 28.1. The lowest BCUT2D eigenvalue weighted by atomic mass is 9.97. The zero-order valence-corrected chi connectivity index (χ0v) is 29.8. The fraction of sp³-hybridized carbons (Fsp3) is 0.629. The van der Waals surface area contributed by atoms with Gasteiger partial charge in [0.1, 0.15) is 29.3 Å². The SMILES string of the molecule is CCC(C(=O)OC1CC2C(=O)NC3(C(=O)NS(=O)(=O)C4CC4)CC3C=CCOCCCC(NC(=O)OC(C)(C)C)C(=O)N2C1)c1ccccc1. The van der Waals surface area contributed by atoms with E-state index in [0.717, 1.165) is 5.56 Å². The number of carbonyl (C=O) groups excluding carboxylic acids is 5. The molecule has 4 aliphatic rings. The number of benzene rings is 1. The first-order valence-corrected chi connectivity index (χ1v) is 18.9. The number of hydrogen-bond donors (Lipinski definition) is 3. The van der Waals surface area contributed by atoms with E-state index < -0.39 is 86.2 Å². The number of esters is 1. The second kappa shape index (κ2) is 15.1. The molecule has 14 nitrogen and oxygen atoms in total. The molecule has 6 atom stereocenters. The minimum absolute atomic E-state index is 0.0740. The van der Waals surface area contributed by atoms with Gasteiger partial charge < -0.3 is 29.7 Å². The molecule has 274 valence electrons. The number of nitrogens with one attached hydrogen (secondary N) is 3. The van der Waals surface area contributed by atoms with E-state index in [4.69, 9.17) is 14.2 Å². The lowest BCUT2D eigenvalue weighted by Crippen LogP contribution is -2.58. The van der Waals surface area contributed by atoms with Crippen LogP contribution in [0.3, 0.4) is 0 Å². The van der Waals surface area contributed by atoms with Crippen LogP contribution in [0.5, 0.6) is 0 Å². The van der Waals surface area contributed by atoms with Crippen LogP contribution in [0.25, 0.3) is 0 Å². The van der Waals surface area contributed by atoms with Crippen molar-refractivity contribution in [2.24, 2.45) is 5.92 Å². The molecular weight excluding hydrogens is 668 g/mol. The summed E-state index contributed by atoms with van der Waals surface area (Å²) in [5.41, 5.74) is -1.64. The van der Waals surface area contributed by atoms with Gasteiger partial charge in [0, 0.05) is 18.9 Å². The second-order valence-electron chi connectivity index (χ2n) is 14.5. The van der Waals surface area contributed by atoms with Crippen LogP contribution in [-0.2, 0) is 43.4 Å². The monoisotopic (exact) mass is 716 g/mol. The summed E-state index contributed by atoms with van der Waals surface area (Å²) >= 11 is 0. The Labute approximate surface area is 293 Å². The van der Waals surface area contributed by atoms with Gasteiger partial charge in [-0.05, 0) is 64.9 Å². The molecule has 15 heteroatoms. The third-order valence-corrected chi connectivity index (χ3v) is 11.2. The van der Waals surface area contributed by atoms with E-state index in [1.165, 1.54) is 4.90 Å². The van der Waals surface area contributed by atoms with Crippen molar-refractivity contribution < 1.29 is 46.6 Å². The molecule has 0 radical (unpaired) electrons. The number of fused-ring (bicyclic) bond motifs is 2. The van der Waals surface area contributed by atoms with Gasteiger partial charge in [0.15, 0.2) is 0 Å². The van der Waals surface area contributed by atoms with Crippen molar-refractivity contribution >= 4 is 39.8 Å². The summed E-state index contributed by atoms with van der Waals surface area (Å²) in [6, 6.07) is 6.84. The van der Waals surface area contributed by atoms with E-state index in [1.54, 1.807) is 32.9 Å². The minimum Gasteiger partial charge on any atom is -0.460 e. The van der Waals surface area contributed by atoms with Crippen LogP contribution >= 0.6 is 0 Å². The average Bonchev–Trinajstić information content (AvgIpc) is 3.96. The molecule has 2 saturated carbocycles. The first-order chi connectivity index (χ1) is 23.6. The Morgan fingerprint density at radius 2 is 1.84 bits per heavy atom. The summed E-state index contributed by atoms with van der Waals surface area (Å²) < 4.78 is 44.7. The Morgan fingerprint density at radius 1 is 1.12 bits per heavy atom. The van der Waals surface area contributed by atoms with Crippen molar-refractivity contribution in [2.45, 2.75) is 113 Å². The van der Waals surface area contributed by atoms with Gasteiger partial charge in [0.2, 0.25) is 21.8 Å². The Morgan fingerprint density at radius 3 is 2.50 bits per heavy atom. The van der Waals surface area contributed by atoms with Crippen LogP contribution in [0.1, 0.15) is 84.1 Å². The molecular formula is C35H48N4O10S. The molecule has 1 aromatic carbocycles. The van der Waals surface area contributed by atoms with Gasteiger partial charge in [-0.25, -0.2) is 13.2 Å². The quantitative estimate of drug-likeness (QED) is 0.267. The summed E-state index contributed by atoms with van der Waals surface area (Å²) in [4.78, 5) is 69.5. The number of rotatable bonds is 8. The summed E-state index contributed by atoms with van der Waals surface area (Å²) in [6.45, 7) is 7.23. The summed E-state index contributed by atoms with van der Waals surface area (Å²) in [5.74, 6) is -3.75. The van der Waals surface area contributed by atoms with E-state index >= 15 is 0 Å². The van der Waals surface area contributed by atoms with Gasteiger partial charge in [-0.2, -0.15) is 0 Å². The van der Waals surface area contributed by atoms with Crippen LogP contribution in [0.15, 0.2) is 42.5 Å². The number of amides is 4. The lowest BCUT2D eigenvalue weighted by molar-refractivity contribution is -0.151. The van der Waals surface area contributed by atoms with Crippen LogP contribution in [0, 0.1) is 5.92 Å². The van der Waals surface area contributed by atoms with Gasteiger partial charge in [-0.3, -0.25) is 23.9 Å². The predicted molar refractivity (Wildman–Crippen MR) is 181 cm³/mol. The van der Waals surface area contributed by atoms with E-state index in [0.29, 0.717) is 25.7 Å². The summed E-state index contributed by atoms with van der Waals surface area (Å²) in [6.07, 6.45) is 3.69. The van der Waals surface area contributed by atoms with Gasteiger partial charge in [0.05, 0.1) is 24.3 Å². The molecule has 1 aromatic rings. The van der Waals surface area contributed by atoms with Gasteiger partial charge >= 0.3 is 12.1 Å². The highest BCUT2D eigenvalue weighted by Gasteiger charge is 2.62. The number of ether oxygens (including phenoxy) is 3. The Bertz CT molecular complexity index is 1590. The fourth-order valence-electron chi connectivity index (χ4n) is 6.48. The van der Waals surface area contributed by atoms with E-state index in [-0.39, 0.29) is 39.0 Å². The van der Waals surface area contributed by atoms with Crippen LogP contribution in [0.4, 0.5) is 4.79 Å². The minimum atomic E-state index is -3.92. The van der Waals surface area contributed by atoms with E-state index in [2.05, 4.69) is 15.4 Å². The van der Waals surface area contributed by atoms with Crippen molar-refractivity contribution in [3.8, 4) is 0 Å². The number of hydrogen-bond acceptors (Lipinski definition) is 10. The lowest BCUT2D eigenvalue weighted by Gasteiger charge is -2.30. The summed E-state index contributed by atoms with van der Waals surface area (Å²) in [7, 11) is -3.92. The highest BCUT2D eigenvalue weighted by molar-refractivity contribution is 7.91. The molecule has 2 heterocycles. The molecule has 5 rings (SSSR count). The average molecular weight is 717 g/mol. The molecule has 0 aromatic heterocycles. The Kier molecular flexibility index (Phi) is 11.3. The Balaban J connectivity index is 1.42.